The maximum Gasteiger partial charge on any atom is 0.0161 e. The highest BCUT2D eigenvalue weighted by Crippen LogP contribution is 2.27. The number of nitrogens with one attached hydrogen (secondary N) is 1. The van der Waals surface area contributed by atoms with E-state index in [1.807, 2.05) is 0 Å². The maximum atomic E-state index is 6.10. The Morgan fingerprint density at radius 3 is 2.00 bits per heavy atom. The smallest absolute Gasteiger partial charge is 0.0161 e. The zero-order valence-corrected chi connectivity index (χ0v) is 10.1. The Bertz CT molecular complexity index is 145. The van der Waals surface area contributed by atoms with E-state index in [9.17, 15) is 0 Å². The van der Waals surface area contributed by atoms with E-state index in [-0.39, 0.29) is 11.0 Å². The molecule has 0 saturated carbocycles. The lowest BCUT2D eigenvalue weighted by Gasteiger charge is -2.39. The van der Waals surface area contributed by atoms with Crippen LogP contribution in [-0.2, 0) is 0 Å². The Balaban J connectivity index is 4.04. The first-order valence-electron chi connectivity index (χ1n) is 5.23. The van der Waals surface area contributed by atoms with E-state index in [2.05, 4.69) is 46.9 Å². The second kappa shape index (κ2) is 4.43. The van der Waals surface area contributed by atoms with Crippen molar-refractivity contribution >= 4 is 0 Å². The quantitative estimate of drug-likeness (QED) is 0.690. The van der Waals surface area contributed by atoms with Crippen LogP contribution in [0.15, 0.2) is 0 Å². The van der Waals surface area contributed by atoms with Crippen molar-refractivity contribution in [2.24, 2.45) is 11.1 Å². The van der Waals surface area contributed by atoms with Gasteiger partial charge in [0.15, 0.2) is 0 Å². The standard InChI is InChI=1S/C11H26N2/c1-7-9(2)13-8-10(3,4)11(5,6)12/h9,13H,7-8,12H2,1-6H3. The fraction of sp³-hybridized carbons (Fsp3) is 1.00. The number of nitrogens with two attached hydrogens (primary N) is 1. The van der Waals surface area contributed by atoms with Crippen molar-refractivity contribution in [1.29, 1.82) is 0 Å². The highest BCUT2D eigenvalue weighted by atomic mass is 14.9. The van der Waals surface area contributed by atoms with Crippen LogP contribution in [0.1, 0.15) is 48.0 Å². The molecule has 0 aromatic heterocycles. The second-order valence-electron chi connectivity index (χ2n) is 5.30. The number of hydrogen-bond acceptors (Lipinski definition) is 2. The van der Waals surface area contributed by atoms with E-state index in [0.717, 1.165) is 6.54 Å². The van der Waals surface area contributed by atoms with Gasteiger partial charge in [0.1, 0.15) is 0 Å². The van der Waals surface area contributed by atoms with Crippen molar-refractivity contribution in [2.75, 3.05) is 6.54 Å². The Labute approximate surface area is 83.3 Å². The first-order valence-corrected chi connectivity index (χ1v) is 5.23. The Hall–Kier alpha value is -0.0800. The molecule has 2 heteroatoms. The molecule has 0 rings (SSSR count). The van der Waals surface area contributed by atoms with Gasteiger partial charge < -0.3 is 11.1 Å². The fourth-order valence-corrected chi connectivity index (χ4v) is 0.802. The van der Waals surface area contributed by atoms with Gasteiger partial charge in [-0.05, 0) is 32.6 Å². The largest absolute Gasteiger partial charge is 0.325 e. The van der Waals surface area contributed by atoms with Crippen LogP contribution in [0.5, 0.6) is 0 Å². The third kappa shape index (κ3) is 4.10. The predicted octanol–water partition coefficient (Wildman–Crippen LogP) is 2.14. The molecule has 80 valence electrons. The van der Waals surface area contributed by atoms with E-state index in [1.54, 1.807) is 0 Å². The Morgan fingerprint density at radius 2 is 1.69 bits per heavy atom. The zero-order chi connectivity index (χ0) is 10.7. The predicted molar refractivity (Wildman–Crippen MR) is 59.8 cm³/mol. The van der Waals surface area contributed by atoms with E-state index in [1.165, 1.54) is 6.42 Å². The van der Waals surface area contributed by atoms with Crippen LogP contribution in [-0.4, -0.2) is 18.1 Å². The van der Waals surface area contributed by atoms with Gasteiger partial charge in [0.05, 0.1) is 0 Å². The molecule has 0 aliphatic rings. The molecule has 0 bridgehead atoms. The van der Waals surface area contributed by atoms with Crippen LogP contribution in [0, 0.1) is 5.41 Å². The molecule has 0 aliphatic carbocycles. The first-order chi connectivity index (χ1) is 5.70. The topological polar surface area (TPSA) is 38.0 Å². The van der Waals surface area contributed by atoms with Gasteiger partial charge in [0, 0.05) is 18.1 Å². The first kappa shape index (κ1) is 12.9. The molecule has 0 aromatic rings. The van der Waals surface area contributed by atoms with Gasteiger partial charge in [-0.2, -0.15) is 0 Å². The van der Waals surface area contributed by atoms with Crippen molar-refractivity contribution in [3.05, 3.63) is 0 Å². The minimum atomic E-state index is -0.131. The molecule has 0 fully saturated rings. The fourth-order valence-electron chi connectivity index (χ4n) is 0.802. The van der Waals surface area contributed by atoms with Crippen LogP contribution in [0.4, 0.5) is 0 Å². The second-order valence-corrected chi connectivity index (χ2v) is 5.30. The van der Waals surface area contributed by atoms with Gasteiger partial charge in [-0.25, -0.2) is 0 Å². The highest BCUT2D eigenvalue weighted by Gasteiger charge is 2.33. The third-order valence-corrected chi connectivity index (χ3v) is 3.25. The molecule has 1 unspecified atom stereocenters. The van der Waals surface area contributed by atoms with Crippen LogP contribution in [0.25, 0.3) is 0 Å². The van der Waals surface area contributed by atoms with Crippen molar-refractivity contribution in [2.45, 2.75) is 59.5 Å². The number of hydrogen-bond donors (Lipinski definition) is 2. The molecule has 0 spiro atoms. The summed E-state index contributed by atoms with van der Waals surface area (Å²) in [5.74, 6) is 0. The lowest BCUT2D eigenvalue weighted by molar-refractivity contribution is 0.189. The monoisotopic (exact) mass is 186 g/mol. The minimum absolute atomic E-state index is 0.131. The van der Waals surface area contributed by atoms with Crippen LogP contribution >= 0.6 is 0 Å². The lowest BCUT2D eigenvalue weighted by Crippen LogP contribution is -2.53. The van der Waals surface area contributed by atoms with E-state index in [0.29, 0.717) is 6.04 Å². The summed E-state index contributed by atoms with van der Waals surface area (Å²) in [6.45, 7) is 14.0. The summed E-state index contributed by atoms with van der Waals surface area (Å²) in [6, 6.07) is 0.585. The lowest BCUT2D eigenvalue weighted by atomic mass is 9.75. The SMILES string of the molecule is CCC(C)NCC(C)(C)C(C)(C)N. The molecule has 3 N–H and O–H groups in total. The molecular weight excluding hydrogens is 160 g/mol. The molecule has 0 aromatic carbocycles. The summed E-state index contributed by atoms with van der Waals surface area (Å²) in [6.07, 6.45) is 1.17. The van der Waals surface area contributed by atoms with E-state index < -0.39 is 0 Å². The van der Waals surface area contributed by atoms with Crippen molar-refractivity contribution in [3.63, 3.8) is 0 Å². The average molecular weight is 186 g/mol. The molecule has 1 atom stereocenters. The zero-order valence-electron chi connectivity index (χ0n) is 10.1. The van der Waals surface area contributed by atoms with Crippen molar-refractivity contribution in [1.82, 2.24) is 5.32 Å². The van der Waals surface area contributed by atoms with Crippen LogP contribution in [0.3, 0.4) is 0 Å². The Kier molecular flexibility index (Phi) is 4.40. The van der Waals surface area contributed by atoms with Gasteiger partial charge in [0.2, 0.25) is 0 Å². The van der Waals surface area contributed by atoms with Gasteiger partial charge in [-0.15, -0.1) is 0 Å². The van der Waals surface area contributed by atoms with Crippen molar-refractivity contribution in [3.8, 4) is 0 Å². The molecule has 0 amide bonds. The third-order valence-electron chi connectivity index (χ3n) is 3.25. The highest BCUT2D eigenvalue weighted by molar-refractivity contribution is 4.91. The van der Waals surface area contributed by atoms with Gasteiger partial charge in [-0.3, -0.25) is 0 Å². The summed E-state index contributed by atoms with van der Waals surface area (Å²) < 4.78 is 0. The van der Waals surface area contributed by atoms with Crippen LogP contribution in [0.2, 0.25) is 0 Å². The Morgan fingerprint density at radius 1 is 1.23 bits per heavy atom. The minimum Gasteiger partial charge on any atom is -0.325 e. The summed E-state index contributed by atoms with van der Waals surface area (Å²) in [4.78, 5) is 0. The van der Waals surface area contributed by atoms with Gasteiger partial charge >= 0.3 is 0 Å². The summed E-state index contributed by atoms with van der Waals surface area (Å²) >= 11 is 0. The maximum absolute atomic E-state index is 6.10. The molecule has 0 heterocycles. The van der Waals surface area contributed by atoms with Crippen LogP contribution < -0.4 is 11.1 Å². The molecule has 0 aliphatic heterocycles. The molecule has 0 radical (unpaired) electrons. The van der Waals surface area contributed by atoms with E-state index >= 15 is 0 Å². The van der Waals surface area contributed by atoms with Gasteiger partial charge in [-0.1, -0.05) is 20.8 Å². The summed E-state index contributed by atoms with van der Waals surface area (Å²) in [7, 11) is 0. The molecule has 2 nitrogen and oxygen atoms in total. The van der Waals surface area contributed by atoms with Gasteiger partial charge in [0.25, 0.3) is 0 Å². The molecule has 13 heavy (non-hydrogen) atoms. The van der Waals surface area contributed by atoms with E-state index in [4.69, 9.17) is 5.73 Å². The molecule has 0 saturated heterocycles. The van der Waals surface area contributed by atoms with Crippen molar-refractivity contribution < 1.29 is 0 Å². The summed E-state index contributed by atoms with van der Waals surface area (Å²) in [5, 5.41) is 3.50. The number of rotatable bonds is 5. The average Bonchev–Trinajstić information content (AvgIpc) is 1.98. The molecular formula is C11H26N2. The summed E-state index contributed by atoms with van der Waals surface area (Å²) in [5.41, 5.74) is 6.10. The normalized spacial score (nSPS) is 15.9.